The molecule has 1 N–H and O–H groups in total. The number of hydrogen-bond acceptors (Lipinski definition) is 3. The molecule has 0 saturated heterocycles. The number of hydrogen-bond donors (Lipinski definition) is 1. The first-order chi connectivity index (χ1) is 13.8. The van der Waals surface area contributed by atoms with Crippen molar-refractivity contribution in [1.29, 1.82) is 0 Å². The Morgan fingerprint density at radius 2 is 1.79 bits per heavy atom. The quantitative estimate of drug-likeness (QED) is 0.507. The molecule has 0 fully saturated rings. The van der Waals surface area contributed by atoms with Crippen LogP contribution in [-0.4, -0.2) is 11.1 Å². The molecule has 1 aliphatic rings. The summed E-state index contributed by atoms with van der Waals surface area (Å²) < 4.78 is 3.02. The number of pyridine rings is 1. The van der Waals surface area contributed by atoms with Crippen molar-refractivity contribution < 1.29 is 0 Å². The molecule has 3 heterocycles. The lowest BCUT2D eigenvalue weighted by Gasteiger charge is -2.12. The fourth-order valence-electron chi connectivity index (χ4n) is 3.99. The van der Waals surface area contributed by atoms with Crippen LogP contribution in [0.2, 0.25) is 0 Å². The topological polar surface area (TPSA) is 34.0 Å². The highest BCUT2D eigenvalue weighted by Gasteiger charge is 2.16. The van der Waals surface area contributed by atoms with Crippen molar-refractivity contribution in [2.75, 3.05) is 6.54 Å². The van der Waals surface area contributed by atoms with E-state index in [1.807, 2.05) is 23.6 Å². The summed E-state index contributed by atoms with van der Waals surface area (Å²) >= 11 is 1.85. The van der Waals surface area contributed by atoms with Gasteiger partial charge in [-0.05, 0) is 66.1 Å². The van der Waals surface area contributed by atoms with Crippen molar-refractivity contribution in [3.63, 3.8) is 0 Å². The average Bonchev–Trinajstić information content (AvgIpc) is 3.11. The second kappa shape index (κ2) is 8.54. The Labute approximate surface area is 180 Å². The number of aromatic nitrogens is 1. The molecule has 0 amide bonds. The SMILES string of the molecule is Cl.O=c1cc(CCc2ccccc2)ccn1-c1ccc2c3c(sc2c1)CNCC3. The van der Waals surface area contributed by atoms with Crippen LogP contribution in [0.4, 0.5) is 0 Å². The Hall–Kier alpha value is -2.40. The van der Waals surface area contributed by atoms with Crippen LogP contribution in [0.1, 0.15) is 21.6 Å². The smallest absolute Gasteiger partial charge is 0.255 e. The molecule has 0 spiro atoms. The van der Waals surface area contributed by atoms with Gasteiger partial charge in [0, 0.05) is 28.4 Å². The van der Waals surface area contributed by atoms with Crippen LogP contribution < -0.4 is 10.9 Å². The van der Waals surface area contributed by atoms with E-state index in [1.165, 1.54) is 26.1 Å². The van der Waals surface area contributed by atoms with Crippen LogP contribution in [0.25, 0.3) is 15.8 Å². The minimum Gasteiger partial charge on any atom is -0.312 e. The molecule has 0 atom stereocenters. The van der Waals surface area contributed by atoms with Gasteiger partial charge in [0.2, 0.25) is 0 Å². The molecule has 0 saturated carbocycles. The number of aryl methyl sites for hydroxylation is 2. The lowest BCUT2D eigenvalue weighted by Crippen LogP contribution is -2.21. The van der Waals surface area contributed by atoms with Crippen LogP contribution in [0.5, 0.6) is 0 Å². The number of nitrogens with zero attached hydrogens (tertiary/aromatic N) is 1. The summed E-state index contributed by atoms with van der Waals surface area (Å²) in [4.78, 5) is 14.2. The molecule has 0 unspecified atom stereocenters. The van der Waals surface area contributed by atoms with Gasteiger partial charge < -0.3 is 5.32 Å². The third kappa shape index (κ3) is 4.01. The Morgan fingerprint density at radius 3 is 2.62 bits per heavy atom. The predicted molar refractivity (Wildman–Crippen MR) is 124 cm³/mol. The largest absolute Gasteiger partial charge is 0.312 e. The number of benzene rings is 2. The summed E-state index contributed by atoms with van der Waals surface area (Å²) in [5.74, 6) is 0. The lowest BCUT2D eigenvalue weighted by atomic mass is 10.0. The number of halogens is 1. The van der Waals surface area contributed by atoms with Crippen LogP contribution in [0, 0.1) is 0 Å². The summed E-state index contributed by atoms with van der Waals surface area (Å²) in [5, 5.41) is 4.79. The molecule has 2 aromatic heterocycles. The van der Waals surface area contributed by atoms with Crippen molar-refractivity contribution in [3.8, 4) is 5.69 Å². The van der Waals surface area contributed by atoms with E-state index in [4.69, 9.17) is 0 Å². The van der Waals surface area contributed by atoms with E-state index in [-0.39, 0.29) is 18.0 Å². The Balaban J connectivity index is 0.00000205. The first-order valence-corrected chi connectivity index (χ1v) is 10.6. The van der Waals surface area contributed by atoms with Gasteiger partial charge in [0.25, 0.3) is 5.56 Å². The van der Waals surface area contributed by atoms with Crippen molar-refractivity contribution in [3.05, 3.63) is 98.8 Å². The van der Waals surface area contributed by atoms with E-state index < -0.39 is 0 Å². The Kier molecular flexibility index (Phi) is 5.86. The molecule has 5 rings (SSSR count). The van der Waals surface area contributed by atoms with Crippen LogP contribution in [-0.2, 0) is 25.8 Å². The van der Waals surface area contributed by atoms with E-state index in [0.29, 0.717) is 0 Å². The third-order valence-corrected chi connectivity index (χ3v) is 6.70. The molecule has 0 bridgehead atoms. The minimum atomic E-state index is 0. The zero-order chi connectivity index (χ0) is 18.9. The summed E-state index contributed by atoms with van der Waals surface area (Å²) in [6, 6.07) is 20.7. The molecule has 0 radical (unpaired) electrons. The maximum Gasteiger partial charge on any atom is 0.255 e. The van der Waals surface area contributed by atoms with E-state index >= 15 is 0 Å². The first kappa shape index (κ1) is 19.9. The zero-order valence-electron chi connectivity index (χ0n) is 16.1. The molecule has 29 heavy (non-hydrogen) atoms. The van der Waals surface area contributed by atoms with Gasteiger partial charge in [-0.15, -0.1) is 23.7 Å². The van der Waals surface area contributed by atoms with Gasteiger partial charge in [-0.25, -0.2) is 0 Å². The van der Waals surface area contributed by atoms with Crippen molar-refractivity contribution in [2.24, 2.45) is 0 Å². The highest BCUT2D eigenvalue weighted by atomic mass is 35.5. The fraction of sp³-hybridized carbons (Fsp3) is 0.208. The highest BCUT2D eigenvalue weighted by Crippen LogP contribution is 2.34. The first-order valence-electron chi connectivity index (χ1n) is 9.79. The van der Waals surface area contributed by atoms with E-state index in [1.54, 1.807) is 10.6 Å². The van der Waals surface area contributed by atoms with Crippen molar-refractivity contribution in [1.82, 2.24) is 9.88 Å². The Bertz CT molecular complexity index is 1200. The second-order valence-corrected chi connectivity index (χ2v) is 8.48. The molecule has 4 aromatic rings. The van der Waals surface area contributed by atoms with Crippen LogP contribution in [0.15, 0.2) is 71.7 Å². The number of thiophene rings is 1. The molecule has 2 aromatic carbocycles. The van der Waals surface area contributed by atoms with Gasteiger partial charge in [0.1, 0.15) is 0 Å². The zero-order valence-corrected chi connectivity index (χ0v) is 17.7. The van der Waals surface area contributed by atoms with Gasteiger partial charge in [0.15, 0.2) is 0 Å². The molecular formula is C24H23ClN2OS. The fourth-order valence-corrected chi connectivity index (χ4v) is 5.25. The average molecular weight is 423 g/mol. The van der Waals surface area contributed by atoms with Gasteiger partial charge in [-0.2, -0.15) is 0 Å². The van der Waals surface area contributed by atoms with Crippen molar-refractivity contribution in [2.45, 2.75) is 25.8 Å². The number of rotatable bonds is 4. The number of fused-ring (bicyclic) bond motifs is 3. The minimum absolute atomic E-state index is 0. The Morgan fingerprint density at radius 1 is 0.966 bits per heavy atom. The van der Waals surface area contributed by atoms with E-state index in [0.717, 1.165) is 43.6 Å². The molecular weight excluding hydrogens is 400 g/mol. The maximum absolute atomic E-state index is 12.7. The van der Waals surface area contributed by atoms with Gasteiger partial charge in [-0.3, -0.25) is 9.36 Å². The summed E-state index contributed by atoms with van der Waals surface area (Å²) in [6.45, 7) is 2.00. The van der Waals surface area contributed by atoms with Crippen LogP contribution >= 0.6 is 23.7 Å². The normalized spacial score (nSPS) is 13.1. The summed E-state index contributed by atoms with van der Waals surface area (Å²) in [7, 11) is 0. The van der Waals surface area contributed by atoms with E-state index in [2.05, 4.69) is 53.8 Å². The van der Waals surface area contributed by atoms with Crippen molar-refractivity contribution >= 4 is 33.8 Å². The maximum atomic E-state index is 12.7. The molecule has 3 nitrogen and oxygen atoms in total. The monoisotopic (exact) mass is 422 g/mol. The molecule has 148 valence electrons. The standard InChI is InChI=1S/C24H22N2OS.ClH/c27-24-14-18(7-6-17-4-2-1-3-5-17)11-13-26(24)19-8-9-20-21-10-12-25-16-23(21)28-22(20)15-19;/h1-5,8-9,11,13-15,25H,6-7,10,12,16H2;1H. The molecule has 0 aliphatic carbocycles. The third-order valence-electron chi connectivity index (χ3n) is 5.50. The summed E-state index contributed by atoms with van der Waals surface area (Å²) in [6.07, 6.45) is 4.83. The molecule has 5 heteroatoms. The predicted octanol–water partition coefficient (Wildman–Crippen LogP) is 4.90. The van der Waals surface area contributed by atoms with E-state index in [9.17, 15) is 4.79 Å². The van der Waals surface area contributed by atoms with Gasteiger partial charge >= 0.3 is 0 Å². The summed E-state index contributed by atoms with van der Waals surface area (Å²) in [5.41, 5.74) is 4.84. The van der Waals surface area contributed by atoms with Gasteiger partial charge in [-0.1, -0.05) is 36.4 Å². The van der Waals surface area contributed by atoms with Crippen LogP contribution in [0.3, 0.4) is 0 Å². The lowest BCUT2D eigenvalue weighted by molar-refractivity contribution is 0.657. The highest BCUT2D eigenvalue weighted by molar-refractivity contribution is 7.19. The second-order valence-electron chi connectivity index (χ2n) is 7.34. The molecule has 1 aliphatic heterocycles. The number of nitrogens with one attached hydrogen (secondary N) is 1. The van der Waals surface area contributed by atoms with Gasteiger partial charge in [0.05, 0.1) is 5.69 Å².